The maximum atomic E-state index is 14.5. The summed E-state index contributed by atoms with van der Waals surface area (Å²) < 4.78 is 0. The number of anilines is 1. The van der Waals surface area contributed by atoms with E-state index in [-0.39, 0.29) is 17.5 Å². The second-order valence-corrected chi connectivity index (χ2v) is 10.9. The molecule has 3 aliphatic rings. The maximum absolute atomic E-state index is 14.5. The highest BCUT2D eigenvalue weighted by Crippen LogP contribution is 2.62. The highest BCUT2D eigenvalue weighted by atomic mass is 16.2. The van der Waals surface area contributed by atoms with Crippen LogP contribution >= 0.6 is 0 Å². The van der Waals surface area contributed by atoms with E-state index in [1.807, 2.05) is 105 Å². The van der Waals surface area contributed by atoms with Gasteiger partial charge < -0.3 is 10.2 Å². The maximum Gasteiger partial charge on any atom is 0.238 e. The summed E-state index contributed by atoms with van der Waals surface area (Å²) in [7, 11) is 0. The Bertz CT molecular complexity index is 1440. The van der Waals surface area contributed by atoms with Crippen LogP contribution in [0, 0.1) is 11.3 Å². The standard InChI is InChI=1S/C31H28N2O3/c1-30(2,3)28(35)25-24(26(34)20-12-5-4-6-13-20)31(22-15-9-10-16-23(22)32-29(31)36)27-21-14-8-7-11-19(21)17-18-33(25)27/h4-18,24-25,27H,1-3H3,(H,32,36)/t24-,25-,27+,31-/m0/s1. The van der Waals surface area contributed by atoms with E-state index in [1.165, 1.54) is 0 Å². The normalized spacial score (nSPS) is 25.8. The van der Waals surface area contributed by atoms with Gasteiger partial charge in [0.25, 0.3) is 0 Å². The van der Waals surface area contributed by atoms with Gasteiger partial charge in [0.1, 0.15) is 5.41 Å². The van der Waals surface area contributed by atoms with Crippen molar-refractivity contribution in [3.05, 3.63) is 107 Å². The number of hydrogen-bond acceptors (Lipinski definition) is 4. The monoisotopic (exact) mass is 476 g/mol. The number of carbonyl (C=O) groups is 3. The van der Waals surface area contributed by atoms with Gasteiger partial charge in [0.05, 0.1) is 18.0 Å². The molecule has 6 rings (SSSR count). The third kappa shape index (κ3) is 2.92. The highest BCUT2D eigenvalue weighted by Gasteiger charge is 2.71. The van der Waals surface area contributed by atoms with Crippen molar-refractivity contribution < 1.29 is 14.4 Å². The second-order valence-electron chi connectivity index (χ2n) is 10.9. The van der Waals surface area contributed by atoms with Crippen molar-refractivity contribution in [1.29, 1.82) is 0 Å². The minimum Gasteiger partial charge on any atom is -0.358 e. The SMILES string of the molecule is CC(C)(C)C(=O)[C@@H]1[C@@H](C(=O)c2ccccc2)[C@]2(C(=O)Nc3ccccc32)[C@H]2c3ccccc3C=CN12. The first-order valence-electron chi connectivity index (χ1n) is 12.4. The van der Waals surface area contributed by atoms with Crippen molar-refractivity contribution in [3.8, 4) is 0 Å². The molecule has 0 aromatic heterocycles. The molecule has 180 valence electrons. The van der Waals surface area contributed by atoms with Crippen LogP contribution in [-0.2, 0) is 15.0 Å². The molecule has 0 saturated carbocycles. The lowest BCUT2D eigenvalue weighted by Crippen LogP contribution is -2.50. The van der Waals surface area contributed by atoms with Gasteiger partial charge >= 0.3 is 0 Å². The molecular formula is C31H28N2O3. The van der Waals surface area contributed by atoms with Crippen LogP contribution < -0.4 is 5.32 Å². The molecule has 0 aliphatic carbocycles. The van der Waals surface area contributed by atoms with E-state index in [2.05, 4.69) is 5.32 Å². The molecule has 0 radical (unpaired) electrons. The second kappa shape index (κ2) is 7.76. The molecule has 0 unspecified atom stereocenters. The molecule has 3 aromatic carbocycles. The molecule has 1 fully saturated rings. The minimum absolute atomic E-state index is 0.0557. The van der Waals surface area contributed by atoms with Gasteiger partial charge in [0.2, 0.25) is 5.91 Å². The lowest BCUT2D eigenvalue weighted by Gasteiger charge is -2.38. The predicted molar refractivity (Wildman–Crippen MR) is 139 cm³/mol. The van der Waals surface area contributed by atoms with Gasteiger partial charge in [-0.05, 0) is 28.8 Å². The van der Waals surface area contributed by atoms with Crippen molar-refractivity contribution in [1.82, 2.24) is 4.90 Å². The van der Waals surface area contributed by atoms with Crippen LogP contribution in [0.4, 0.5) is 5.69 Å². The van der Waals surface area contributed by atoms with E-state index in [0.29, 0.717) is 11.3 Å². The molecule has 5 nitrogen and oxygen atoms in total. The first-order chi connectivity index (χ1) is 17.3. The largest absolute Gasteiger partial charge is 0.358 e. The first kappa shape index (κ1) is 22.5. The Kier molecular flexibility index (Phi) is 4.84. The molecule has 5 heteroatoms. The lowest BCUT2D eigenvalue weighted by atomic mass is 9.62. The minimum atomic E-state index is -1.27. The number of ketones is 2. The van der Waals surface area contributed by atoms with Crippen molar-refractivity contribution in [2.75, 3.05) is 5.32 Å². The third-order valence-electron chi connectivity index (χ3n) is 7.92. The number of nitrogens with one attached hydrogen (secondary N) is 1. The molecule has 3 heterocycles. The molecule has 1 N–H and O–H groups in total. The third-order valence-corrected chi connectivity index (χ3v) is 7.92. The zero-order valence-corrected chi connectivity index (χ0v) is 20.6. The number of para-hydroxylation sites is 1. The number of nitrogens with zero attached hydrogens (tertiary/aromatic N) is 1. The molecule has 36 heavy (non-hydrogen) atoms. The molecule has 3 aromatic rings. The van der Waals surface area contributed by atoms with Crippen LogP contribution in [0.5, 0.6) is 0 Å². The highest BCUT2D eigenvalue weighted by molar-refractivity contribution is 6.15. The topological polar surface area (TPSA) is 66.5 Å². The molecular weight excluding hydrogens is 448 g/mol. The van der Waals surface area contributed by atoms with Gasteiger partial charge in [-0.2, -0.15) is 0 Å². The Morgan fingerprint density at radius 2 is 1.56 bits per heavy atom. The summed E-state index contributed by atoms with van der Waals surface area (Å²) in [5, 5.41) is 3.08. The van der Waals surface area contributed by atoms with E-state index in [1.54, 1.807) is 12.1 Å². The summed E-state index contributed by atoms with van der Waals surface area (Å²) >= 11 is 0. The van der Waals surface area contributed by atoms with E-state index in [0.717, 1.165) is 16.7 Å². The van der Waals surface area contributed by atoms with Gasteiger partial charge in [0.15, 0.2) is 11.6 Å². The Labute approximate surface area is 210 Å². The fourth-order valence-electron chi connectivity index (χ4n) is 6.39. The number of Topliss-reactive ketones (excluding diaryl/α,β-unsaturated/α-hetero) is 2. The predicted octanol–water partition coefficient (Wildman–Crippen LogP) is 5.40. The molecule has 1 amide bonds. The Morgan fingerprint density at radius 3 is 2.31 bits per heavy atom. The van der Waals surface area contributed by atoms with Crippen LogP contribution in [0.3, 0.4) is 0 Å². The fourth-order valence-corrected chi connectivity index (χ4v) is 6.39. The van der Waals surface area contributed by atoms with Crippen LogP contribution in [-0.4, -0.2) is 28.4 Å². The van der Waals surface area contributed by atoms with Gasteiger partial charge in [0, 0.05) is 22.9 Å². The number of hydrogen-bond donors (Lipinski definition) is 1. The molecule has 1 spiro atoms. The van der Waals surface area contributed by atoms with Crippen LogP contribution in [0.1, 0.15) is 53.9 Å². The molecule has 1 saturated heterocycles. The van der Waals surface area contributed by atoms with Crippen molar-refractivity contribution in [2.24, 2.45) is 11.3 Å². The summed E-state index contributed by atoms with van der Waals surface area (Å²) in [6.07, 6.45) is 3.89. The molecule has 3 aliphatic heterocycles. The number of fused-ring (bicyclic) bond motifs is 6. The zero-order valence-electron chi connectivity index (χ0n) is 20.6. The summed E-state index contributed by atoms with van der Waals surface area (Å²) in [6, 6.07) is 23.3. The van der Waals surface area contributed by atoms with E-state index in [9.17, 15) is 14.4 Å². The zero-order chi connectivity index (χ0) is 25.2. The summed E-state index contributed by atoms with van der Waals surface area (Å²) in [5.41, 5.74) is 1.93. The number of benzene rings is 3. The van der Waals surface area contributed by atoms with E-state index < -0.39 is 28.8 Å². The van der Waals surface area contributed by atoms with Gasteiger partial charge in [-0.25, -0.2) is 0 Å². The Balaban J connectivity index is 1.70. The fraction of sp³-hybridized carbons (Fsp3) is 0.258. The molecule has 0 bridgehead atoms. The summed E-state index contributed by atoms with van der Waals surface area (Å²) in [6.45, 7) is 5.64. The van der Waals surface area contributed by atoms with Crippen LogP contribution in [0.25, 0.3) is 6.08 Å². The van der Waals surface area contributed by atoms with Crippen LogP contribution in [0.15, 0.2) is 85.1 Å². The van der Waals surface area contributed by atoms with Crippen molar-refractivity contribution in [3.63, 3.8) is 0 Å². The lowest BCUT2D eigenvalue weighted by molar-refractivity contribution is -0.131. The summed E-state index contributed by atoms with van der Waals surface area (Å²) in [4.78, 5) is 44.9. The average Bonchev–Trinajstić information content (AvgIpc) is 3.35. The van der Waals surface area contributed by atoms with Gasteiger partial charge in [-0.1, -0.05) is 93.6 Å². The smallest absolute Gasteiger partial charge is 0.238 e. The van der Waals surface area contributed by atoms with Crippen LogP contribution in [0.2, 0.25) is 0 Å². The summed E-state index contributed by atoms with van der Waals surface area (Å²) in [5.74, 6) is -1.39. The van der Waals surface area contributed by atoms with Crippen molar-refractivity contribution >= 4 is 29.2 Å². The number of carbonyl (C=O) groups excluding carboxylic acids is 3. The quantitative estimate of drug-likeness (QED) is 0.514. The Hall–Kier alpha value is -3.99. The molecule has 4 atom stereocenters. The number of rotatable bonds is 3. The number of amides is 1. The van der Waals surface area contributed by atoms with E-state index in [4.69, 9.17) is 0 Å². The average molecular weight is 477 g/mol. The first-order valence-corrected chi connectivity index (χ1v) is 12.4. The van der Waals surface area contributed by atoms with Crippen molar-refractivity contribution in [2.45, 2.75) is 38.3 Å². The van der Waals surface area contributed by atoms with E-state index >= 15 is 0 Å². The van der Waals surface area contributed by atoms with Gasteiger partial charge in [-0.15, -0.1) is 0 Å². The van der Waals surface area contributed by atoms with Gasteiger partial charge in [-0.3, -0.25) is 14.4 Å². The Morgan fingerprint density at radius 1 is 0.889 bits per heavy atom.